The summed E-state index contributed by atoms with van der Waals surface area (Å²) in [6, 6.07) is 14.1. The van der Waals surface area contributed by atoms with Crippen LogP contribution < -0.4 is 10.2 Å². The first-order chi connectivity index (χ1) is 13.8. The molecule has 0 bridgehead atoms. The van der Waals surface area contributed by atoms with Crippen molar-refractivity contribution in [3.05, 3.63) is 88.1 Å². The zero-order valence-electron chi connectivity index (χ0n) is 15.7. The number of hydrogen-bond donors (Lipinski definition) is 1. The Balaban J connectivity index is 1.70. The Hall–Kier alpha value is -3.38. The molecule has 0 unspecified atom stereocenters. The molecule has 2 aromatic carbocycles. The number of urea groups is 1. The molecule has 1 aliphatic rings. The lowest BCUT2D eigenvalue weighted by Crippen LogP contribution is -2.30. The number of anilines is 1. The quantitative estimate of drug-likeness (QED) is 0.489. The molecule has 0 radical (unpaired) electrons. The molecule has 1 aromatic heterocycles. The molecule has 0 aliphatic carbocycles. The fourth-order valence-electron chi connectivity index (χ4n) is 3.46. The van der Waals surface area contributed by atoms with Gasteiger partial charge in [-0.15, -0.1) is 0 Å². The largest absolute Gasteiger partial charge is 0.333 e. The number of nitrogens with one attached hydrogen (secondary N) is 1. The second-order valence-corrected chi connectivity index (χ2v) is 7.18. The molecule has 146 valence electrons. The number of nitrogens with zero attached hydrogens (tertiary/aromatic N) is 2. The number of aryl methyl sites for hydroxylation is 1. The van der Waals surface area contributed by atoms with Gasteiger partial charge in [0.15, 0.2) is 0 Å². The van der Waals surface area contributed by atoms with Gasteiger partial charge in [0.05, 0.1) is 5.69 Å². The topological polar surface area (TPSA) is 54.3 Å². The molecule has 1 N–H and O–H groups in total. The Kier molecular flexibility index (Phi) is 4.72. The van der Waals surface area contributed by atoms with Crippen LogP contribution in [-0.4, -0.2) is 16.5 Å². The number of halogens is 2. The van der Waals surface area contributed by atoms with Crippen molar-refractivity contribution in [3.8, 4) is 5.69 Å². The average Bonchev–Trinajstić information content (AvgIpc) is 3.11. The van der Waals surface area contributed by atoms with E-state index < -0.39 is 11.9 Å². The van der Waals surface area contributed by atoms with Crippen LogP contribution in [0, 0.1) is 19.7 Å². The molecule has 1 saturated heterocycles. The van der Waals surface area contributed by atoms with Crippen molar-refractivity contribution in [2.24, 2.45) is 0 Å². The standard InChI is InChI=1S/C22H17ClFN3O2/c1-13-10-15(14(2)26(13)18-8-6-17(24)7-9-18)11-20-21(28)27(22(29)25-20)19-5-3-4-16(23)12-19/h3-12H,1-2H3,(H,25,29)/b20-11+. The summed E-state index contributed by atoms with van der Waals surface area (Å²) in [6.45, 7) is 3.82. The maximum atomic E-state index is 13.3. The van der Waals surface area contributed by atoms with Crippen molar-refractivity contribution in [3.63, 3.8) is 0 Å². The zero-order valence-corrected chi connectivity index (χ0v) is 16.5. The third-order valence-electron chi connectivity index (χ3n) is 4.80. The highest BCUT2D eigenvalue weighted by Crippen LogP contribution is 2.27. The van der Waals surface area contributed by atoms with Crippen molar-refractivity contribution in [2.45, 2.75) is 13.8 Å². The van der Waals surface area contributed by atoms with Crippen molar-refractivity contribution in [2.75, 3.05) is 4.90 Å². The molecule has 0 saturated carbocycles. The molecule has 0 atom stereocenters. The van der Waals surface area contributed by atoms with Gasteiger partial charge in [-0.05, 0) is 74.0 Å². The van der Waals surface area contributed by atoms with Crippen molar-refractivity contribution >= 4 is 35.3 Å². The van der Waals surface area contributed by atoms with E-state index in [-0.39, 0.29) is 11.5 Å². The van der Waals surface area contributed by atoms with Gasteiger partial charge in [-0.3, -0.25) is 4.79 Å². The summed E-state index contributed by atoms with van der Waals surface area (Å²) < 4.78 is 15.2. The summed E-state index contributed by atoms with van der Waals surface area (Å²) in [5.41, 5.74) is 3.96. The van der Waals surface area contributed by atoms with Gasteiger partial charge in [-0.2, -0.15) is 0 Å². The summed E-state index contributed by atoms with van der Waals surface area (Å²) in [6.07, 6.45) is 1.65. The lowest BCUT2D eigenvalue weighted by molar-refractivity contribution is -0.113. The molecule has 4 rings (SSSR count). The maximum absolute atomic E-state index is 13.3. The van der Waals surface area contributed by atoms with Crippen molar-refractivity contribution in [1.82, 2.24) is 9.88 Å². The van der Waals surface area contributed by atoms with Gasteiger partial charge in [0.1, 0.15) is 11.5 Å². The first-order valence-electron chi connectivity index (χ1n) is 8.93. The Morgan fingerprint density at radius 3 is 2.41 bits per heavy atom. The monoisotopic (exact) mass is 409 g/mol. The van der Waals surface area contributed by atoms with Crippen LogP contribution in [0.15, 0.2) is 60.3 Å². The highest BCUT2D eigenvalue weighted by Gasteiger charge is 2.35. The van der Waals surface area contributed by atoms with E-state index in [0.717, 1.165) is 27.5 Å². The van der Waals surface area contributed by atoms with Gasteiger partial charge < -0.3 is 9.88 Å². The number of imide groups is 1. The summed E-state index contributed by atoms with van der Waals surface area (Å²) in [4.78, 5) is 26.3. The van der Waals surface area contributed by atoms with Gasteiger partial charge in [0.2, 0.25) is 0 Å². The Morgan fingerprint density at radius 2 is 1.72 bits per heavy atom. The zero-order chi connectivity index (χ0) is 20.7. The normalized spacial score (nSPS) is 15.3. The number of amides is 3. The molecular formula is C22H17ClFN3O2. The Morgan fingerprint density at radius 1 is 1.00 bits per heavy atom. The smallest absolute Gasteiger partial charge is 0.318 e. The first kappa shape index (κ1) is 19.0. The fraction of sp³-hybridized carbons (Fsp3) is 0.0909. The minimum atomic E-state index is -0.532. The third kappa shape index (κ3) is 3.43. The summed E-state index contributed by atoms with van der Waals surface area (Å²) in [7, 11) is 0. The second kappa shape index (κ2) is 7.22. The molecule has 1 fully saturated rings. The van der Waals surface area contributed by atoms with Crippen LogP contribution in [0.1, 0.15) is 17.0 Å². The third-order valence-corrected chi connectivity index (χ3v) is 5.03. The molecule has 29 heavy (non-hydrogen) atoms. The number of aromatic nitrogens is 1. The lowest BCUT2D eigenvalue weighted by atomic mass is 10.2. The summed E-state index contributed by atoms with van der Waals surface area (Å²) in [5, 5.41) is 3.05. The molecule has 2 heterocycles. The highest BCUT2D eigenvalue weighted by atomic mass is 35.5. The predicted molar refractivity (Wildman–Crippen MR) is 111 cm³/mol. The lowest BCUT2D eigenvalue weighted by Gasteiger charge is -2.11. The van der Waals surface area contributed by atoms with Crippen molar-refractivity contribution in [1.29, 1.82) is 0 Å². The van der Waals surface area contributed by atoms with Gasteiger partial charge in [-0.25, -0.2) is 14.1 Å². The molecule has 3 amide bonds. The molecule has 1 aliphatic heterocycles. The van der Waals surface area contributed by atoms with E-state index in [0.29, 0.717) is 10.7 Å². The summed E-state index contributed by atoms with van der Waals surface area (Å²) in [5.74, 6) is -0.761. The van der Waals surface area contributed by atoms with Crippen molar-refractivity contribution < 1.29 is 14.0 Å². The summed E-state index contributed by atoms with van der Waals surface area (Å²) >= 11 is 5.98. The van der Waals surface area contributed by atoms with Gasteiger partial charge in [0.25, 0.3) is 5.91 Å². The maximum Gasteiger partial charge on any atom is 0.333 e. The van der Waals surface area contributed by atoms with Gasteiger partial charge in [0, 0.05) is 22.1 Å². The number of rotatable bonds is 3. The van der Waals surface area contributed by atoms with Crippen LogP contribution >= 0.6 is 11.6 Å². The molecule has 5 nitrogen and oxygen atoms in total. The minimum Gasteiger partial charge on any atom is -0.318 e. The Bertz CT molecular complexity index is 1170. The van der Waals surface area contributed by atoms with E-state index in [1.807, 2.05) is 24.5 Å². The highest BCUT2D eigenvalue weighted by molar-refractivity contribution is 6.32. The van der Waals surface area contributed by atoms with Gasteiger partial charge >= 0.3 is 6.03 Å². The van der Waals surface area contributed by atoms with E-state index in [1.165, 1.54) is 12.1 Å². The fourth-order valence-corrected chi connectivity index (χ4v) is 3.65. The van der Waals surface area contributed by atoms with Crippen LogP contribution in [0.25, 0.3) is 11.8 Å². The average molecular weight is 410 g/mol. The van der Waals surface area contributed by atoms with E-state index in [1.54, 1.807) is 42.5 Å². The van der Waals surface area contributed by atoms with E-state index in [9.17, 15) is 14.0 Å². The van der Waals surface area contributed by atoms with E-state index >= 15 is 0 Å². The van der Waals surface area contributed by atoms with Gasteiger partial charge in [-0.1, -0.05) is 17.7 Å². The molecule has 0 spiro atoms. The van der Waals surface area contributed by atoms with Crippen LogP contribution in [0.3, 0.4) is 0 Å². The molecule has 3 aromatic rings. The van der Waals surface area contributed by atoms with Crippen LogP contribution in [0.2, 0.25) is 5.02 Å². The second-order valence-electron chi connectivity index (χ2n) is 6.75. The molecular weight excluding hydrogens is 393 g/mol. The number of hydrogen-bond acceptors (Lipinski definition) is 2. The van der Waals surface area contributed by atoms with Crippen LogP contribution in [0.5, 0.6) is 0 Å². The Labute approximate surface area is 172 Å². The van der Waals surface area contributed by atoms with E-state index in [2.05, 4.69) is 5.32 Å². The molecule has 7 heteroatoms. The van der Waals surface area contributed by atoms with E-state index in [4.69, 9.17) is 11.6 Å². The number of carbonyl (C=O) groups is 2. The minimum absolute atomic E-state index is 0.175. The predicted octanol–water partition coefficient (Wildman–Crippen LogP) is 4.98. The SMILES string of the molecule is Cc1cc(/C=C2/NC(=O)N(c3cccc(Cl)c3)C2=O)c(C)n1-c1ccc(F)cc1. The number of carbonyl (C=O) groups excluding carboxylic acids is 2. The number of benzene rings is 2. The van der Waals surface area contributed by atoms with Crippen LogP contribution in [-0.2, 0) is 4.79 Å². The first-order valence-corrected chi connectivity index (χ1v) is 9.30. The van der Waals surface area contributed by atoms with Crippen LogP contribution in [0.4, 0.5) is 14.9 Å².